The minimum absolute atomic E-state index is 0.115. The van der Waals surface area contributed by atoms with Gasteiger partial charge in [-0.2, -0.15) is 13.2 Å². The van der Waals surface area contributed by atoms with Gasteiger partial charge < -0.3 is 5.32 Å². The highest BCUT2D eigenvalue weighted by molar-refractivity contribution is 7.09. The lowest BCUT2D eigenvalue weighted by atomic mass is 10.1. The second-order valence-electron chi connectivity index (χ2n) is 4.95. The third-order valence-corrected chi connectivity index (χ3v) is 4.16. The number of benzene rings is 1. The van der Waals surface area contributed by atoms with Crippen LogP contribution in [0.25, 0.3) is 0 Å². The fourth-order valence-electron chi connectivity index (χ4n) is 2.02. The topological polar surface area (TPSA) is 68.1 Å². The van der Waals surface area contributed by atoms with E-state index in [1.54, 1.807) is 26.0 Å². The molecule has 124 valence electrons. The maximum atomic E-state index is 12.6. The molecule has 0 bridgehead atoms. The van der Waals surface area contributed by atoms with Gasteiger partial charge in [0.15, 0.2) is 5.69 Å². The molecule has 5 nitrogen and oxygen atoms in total. The van der Waals surface area contributed by atoms with Crippen molar-refractivity contribution in [2.75, 3.05) is 5.32 Å². The van der Waals surface area contributed by atoms with Crippen LogP contribution in [-0.4, -0.2) is 9.91 Å². The number of hydrogen-bond donors (Lipinski definition) is 1. The zero-order valence-electron chi connectivity index (χ0n) is 12.3. The number of hydrogen-bond acceptors (Lipinski definition) is 5. The van der Waals surface area contributed by atoms with E-state index in [9.17, 15) is 23.3 Å². The Morgan fingerprint density at radius 1 is 1.43 bits per heavy atom. The number of nitrogens with one attached hydrogen (secondary N) is 1. The summed E-state index contributed by atoms with van der Waals surface area (Å²) in [4.78, 5) is 14.2. The lowest BCUT2D eigenvalue weighted by Crippen LogP contribution is -2.12. The first kappa shape index (κ1) is 17.2. The summed E-state index contributed by atoms with van der Waals surface area (Å²) in [6.45, 7) is 3.50. The van der Waals surface area contributed by atoms with E-state index >= 15 is 0 Å². The second kappa shape index (κ2) is 6.53. The Morgan fingerprint density at radius 3 is 2.65 bits per heavy atom. The molecular weight excluding hydrogens is 331 g/mol. The van der Waals surface area contributed by atoms with E-state index in [0.717, 1.165) is 22.3 Å². The Labute approximate surface area is 134 Å². The minimum atomic E-state index is -4.50. The molecule has 1 atom stereocenters. The monoisotopic (exact) mass is 345 g/mol. The van der Waals surface area contributed by atoms with Gasteiger partial charge in [-0.3, -0.25) is 10.1 Å². The highest BCUT2D eigenvalue weighted by atomic mass is 32.1. The molecule has 0 fully saturated rings. The van der Waals surface area contributed by atoms with Crippen LogP contribution in [0, 0.1) is 17.0 Å². The molecule has 1 aromatic heterocycles. The van der Waals surface area contributed by atoms with E-state index in [-0.39, 0.29) is 16.4 Å². The van der Waals surface area contributed by atoms with Crippen LogP contribution >= 0.6 is 11.3 Å². The van der Waals surface area contributed by atoms with Crippen molar-refractivity contribution in [1.29, 1.82) is 0 Å². The average molecular weight is 345 g/mol. The molecule has 1 aromatic carbocycles. The fourth-order valence-corrected chi connectivity index (χ4v) is 2.98. The predicted molar refractivity (Wildman–Crippen MR) is 81.6 cm³/mol. The van der Waals surface area contributed by atoms with Crippen LogP contribution in [0.1, 0.15) is 35.7 Å². The number of nitro groups is 1. The normalized spacial score (nSPS) is 12.9. The van der Waals surface area contributed by atoms with E-state index in [4.69, 9.17) is 0 Å². The highest BCUT2D eigenvalue weighted by Gasteiger charge is 2.34. The van der Waals surface area contributed by atoms with Gasteiger partial charge in [0.1, 0.15) is 10.7 Å². The van der Waals surface area contributed by atoms with Gasteiger partial charge in [-0.25, -0.2) is 4.98 Å². The van der Waals surface area contributed by atoms with Crippen molar-refractivity contribution in [1.82, 2.24) is 4.98 Å². The Morgan fingerprint density at radius 2 is 2.13 bits per heavy atom. The molecule has 0 aliphatic rings. The molecule has 9 heteroatoms. The number of nitro benzene ring substituents is 1. The molecule has 1 N–H and O–H groups in total. The van der Waals surface area contributed by atoms with Gasteiger partial charge in [0.2, 0.25) is 0 Å². The SMILES string of the molecule is CCC(Nc1ccc(C)cc1[N+](=O)[O-])c1nc(C(F)(F)F)cs1. The van der Waals surface area contributed by atoms with Crippen LogP contribution < -0.4 is 5.32 Å². The molecule has 2 aromatic rings. The van der Waals surface area contributed by atoms with Gasteiger partial charge in [0.25, 0.3) is 5.69 Å². The number of nitrogens with zero attached hydrogens (tertiary/aromatic N) is 2. The van der Waals surface area contributed by atoms with Crippen LogP contribution in [0.2, 0.25) is 0 Å². The van der Waals surface area contributed by atoms with Gasteiger partial charge in [-0.1, -0.05) is 13.0 Å². The summed E-state index contributed by atoms with van der Waals surface area (Å²) in [5, 5.41) is 15.2. The van der Waals surface area contributed by atoms with Crippen LogP contribution in [0.15, 0.2) is 23.6 Å². The van der Waals surface area contributed by atoms with Crippen molar-refractivity contribution in [3.05, 3.63) is 50.0 Å². The van der Waals surface area contributed by atoms with Crippen LogP contribution in [0.4, 0.5) is 24.5 Å². The molecule has 23 heavy (non-hydrogen) atoms. The number of thiazole rings is 1. The first-order valence-electron chi connectivity index (χ1n) is 6.76. The molecule has 0 saturated carbocycles. The maximum Gasteiger partial charge on any atom is 0.434 e. The van der Waals surface area contributed by atoms with Crippen LogP contribution in [-0.2, 0) is 6.18 Å². The van der Waals surface area contributed by atoms with Crippen LogP contribution in [0.3, 0.4) is 0 Å². The summed E-state index contributed by atoms with van der Waals surface area (Å²) in [5.74, 6) is 0. The Bertz CT molecular complexity index is 716. The first-order valence-corrected chi connectivity index (χ1v) is 7.64. The van der Waals surface area contributed by atoms with Crippen molar-refractivity contribution < 1.29 is 18.1 Å². The number of aryl methyl sites for hydroxylation is 1. The van der Waals surface area contributed by atoms with Gasteiger partial charge >= 0.3 is 6.18 Å². The Hall–Kier alpha value is -2.16. The number of anilines is 1. The van der Waals surface area contributed by atoms with E-state index in [1.807, 2.05) is 0 Å². The van der Waals surface area contributed by atoms with E-state index < -0.39 is 22.8 Å². The van der Waals surface area contributed by atoms with Gasteiger partial charge in [-0.15, -0.1) is 11.3 Å². The predicted octanol–water partition coefficient (Wildman–Crippen LogP) is 4.94. The average Bonchev–Trinajstić information content (AvgIpc) is 2.95. The van der Waals surface area contributed by atoms with E-state index in [1.165, 1.54) is 6.07 Å². The number of aromatic nitrogens is 1. The van der Waals surface area contributed by atoms with E-state index in [2.05, 4.69) is 10.3 Å². The molecule has 1 unspecified atom stereocenters. The molecule has 0 aliphatic carbocycles. The minimum Gasteiger partial charge on any atom is -0.370 e. The summed E-state index contributed by atoms with van der Waals surface area (Å²) < 4.78 is 37.9. The Kier molecular flexibility index (Phi) is 4.88. The Balaban J connectivity index is 2.30. The maximum absolute atomic E-state index is 12.6. The highest BCUT2D eigenvalue weighted by Crippen LogP contribution is 2.35. The summed E-state index contributed by atoms with van der Waals surface area (Å²) >= 11 is 0.882. The zero-order chi connectivity index (χ0) is 17.2. The summed E-state index contributed by atoms with van der Waals surface area (Å²) in [6, 6.07) is 4.13. The summed E-state index contributed by atoms with van der Waals surface area (Å²) in [6.07, 6.45) is -4.06. The third-order valence-electron chi connectivity index (χ3n) is 3.20. The molecular formula is C14H14F3N3O2S. The number of halogens is 3. The number of rotatable bonds is 5. The fraction of sp³-hybridized carbons (Fsp3) is 0.357. The summed E-state index contributed by atoms with van der Waals surface area (Å²) in [5.41, 5.74) is -0.0766. The zero-order valence-corrected chi connectivity index (χ0v) is 13.2. The van der Waals surface area contributed by atoms with Gasteiger partial charge in [0.05, 0.1) is 11.0 Å². The smallest absolute Gasteiger partial charge is 0.370 e. The molecule has 0 radical (unpaired) electrons. The summed E-state index contributed by atoms with van der Waals surface area (Å²) in [7, 11) is 0. The molecule has 0 spiro atoms. The van der Waals surface area contributed by atoms with Crippen molar-refractivity contribution in [3.8, 4) is 0 Å². The van der Waals surface area contributed by atoms with Gasteiger partial charge in [-0.05, 0) is 25.0 Å². The molecule has 1 heterocycles. The first-order chi connectivity index (χ1) is 10.7. The number of alkyl halides is 3. The quantitative estimate of drug-likeness (QED) is 0.615. The van der Waals surface area contributed by atoms with Crippen LogP contribution in [0.5, 0.6) is 0 Å². The molecule has 0 aliphatic heterocycles. The molecule has 0 saturated heterocycles. The largest absolute Gasteiger partial charge is 0.434 e. The van der Waals surface area contributed by atoms with Crippen molar-refractivity contribution in [2.45, 2.75) is 32.5 Å². The molecule has 2 rings (SSSR count). The van der Waals surface area contributed by atoms with Crippen molar-refractivity contribution in [2.24, 2.45) is 0 Å². The second-order valence-corrected chi connectivity index (χ2v) is 5.84. The van der Waals surface area contributed by atoms with Crippen molar-refractivity contribution in [3.63, 3.8) is 0 Å². The lowest BCUT2D eigenvalue weighted by molar-refractivity contribution is -0.384. The molecule has 0 amide bonds. The lowest BCUT2D eigenvalue weighted by Gasteiger charge is -2.16. The van der Waals surface area contributed by atoms with Crippen molar-refractivity contribution >= 4 is 22.7 Å². The van der Waals surface area contributed by atoms with E-state index in [0.29, 0.717) is 6.42 Å². The standard InChI is InChI=1S/C14H14F3N3O2S/c1-3-9(13-19-12(7-23-13)14(15,16)17)18-10-5-4-8(2)6-11(10)20(21)22/h4-7,9,18H,3H2,1-2H3. The third kappa shape index (κ3) is 3.98. The van der Waals surface area contributed by atoms with Gasteiger partial charge in [0, 0.05) is 11.4 Å².